The summed E-state index contributed by atoms with van der Waals surface area (Å²) in [5, 5.41) is 2.55. The van der Waals surface area contributed by atoms with Gasteiger partial charge in [-0.05, 0) is 37.1 Å². The Morgan fingerprint density at radius 2 is 1.96 bits per heavy atom. The summed E-state index contributed by atoms with van der Waals surface area (Å²) in [5.41, 5.74) is 7.14. The Morgan fingerprint density at radius 1 is 1.23 bits per heavy atom. The lowest BCUT2D eigenvalue weighted by molar-refractivity contribution is -0.120. The number of benzene rings is 2. The number of anilines is 1. The fourth-order valence-electron chi connectivity index (χ4n) is 3.53. The molecule has 4 nitrogen and oxygen atoms in total. The average Bonchev–Trinajstić information content (AvgIpc) is 3.08. The van der Waals surface area contributed by atoms with Crippen LogP contribution < -0.4 is 11.1 Å². The monoisotopic (exact) mass is 359 g/mol. The van der Waals surface area contributed by atoms with Gasteiger partial charge in [0.25, 0.3) is 0 Å². The predicted octanol–water partition coefficient (Wildman–Crippen LogP) is 2.97. The van der Waals surface area contributed by atoms with Gasteiger partial charge in [-0.1, -0.05) is 30.3 Å². The van der Waals surface area contributed by atoms with Crippen LogP contribution in [0.1, 0.15) is 18.4 Å². The molecule has 1 aliphatic rings. The minimum absolute atomic E-state index is 0.0163. The molecule has 1 amide bonds. The lowest BCUT2D eigenvalue weighted by Crippen LogP contribution is -2.41. The molecule has 26 heavy (non-hydrogen) atoms. The second-order valence-corrected chi connectivity index (χ2v) is 6.76. The summed E-state index contributed by atoms with van der Waals surface area (Å²) in [6, 6.07) is 12.8. The maximum Gasteiger partial charge on any atom is 0.241 e. The van der Waals surface area contributed by atoms with E-state index in [0.717, 1.165) is 12.1 Å². The summed E-state index contributed by atoms with van der Waals surface area (Å²) in [5.74, 6) is -1.26. The van der Waals surface area contributed by atoms with Crippen LogP contribution in [0.3, 0.4) is 0 Å². The van der Waals surface area contributed by atoms with Gasteiger partial charge in [-0.15, -0.1) is 0 Å². The number of hydrogen-bond acceptors (Lipinski definition) is 3. The number of nitrogens with one attached hydrogen (secondary N) is 1. The first-order chi connectivity index (χ1) is 12.5. The number of rotatable bonds is 5. The van der Waals surface area contributed by atoms with Gasteiger partial charge in [0.05, 0.1) is 11.7 Å². The van der Waals surface area contributed by atoms with E-state index in [9.17, 15) is 13.6 Å². The predicted molar refractivity (Wildman–Crippen MR) is 97.8 cm³/mol. The number of carbonyl (C=O) groups excluding carboxylic acids is 1. The molecule has 0 aliphatic carbocycles. The van der Waals surface area contributed by atoms with Crippen LogP contribution in [0.5, 0.6) is 0 Å². The van der Waals surface area contributed by atoms with Gasteiger partial charge in [-0.2, -0.15) is 0 Å². The largest absolute Gasteiger partial charge is 0.330 e. The van der Waals surface area contributed by atoms with Crippen LogP contribution >= 0.6 is 0 Å². The van der Waals surface area contributed by atoms with Crippen LogP contribution in [0.4, 0.5) is 14.5 Å². The van der Waals surface area contributed by atoms with Crippen molar-refractivity contribution in [2.45, 2.75) is 18.9 Å². The fourth-order valence-corrected chi connectivity index (χ4v) is 3.53. The Labute approximate surface area is 152 Å². The Hall–Kier alpha value is -2.31. The van der Waals surface area contributed by atoms with Gasteiger partial charge in [0, 0.05) is 25.1 Å². The molecule has 0 radical (unpaired) electrons. The third-order valence-electron chi connectivity index (χ3n) is 5.12. The van der Waals surface area contributed by atoms with Gasteiger partial charge in [-0.3, -0.25) is 9.69 Å². The second kappa shape index (κ2) is 7.93. The van der Waals surface area contributed by atoms with Gasteiger partial charge in [0.15, 0.2) is 0 Å². The SMILES string of the molecule is CC(C(=O)Nc1ccc(F)cc1F)N1C[C@@H](CN)[C@H](c2ccccc2)C1. The number of halogens is 2. The van der Waals surface area contributed by atoms with Gasteiger partial charge in [-0.25, -0.2) is 8.78 Å². The minimum atomic E-state index is -0.783. The fraction of sp³-hybridized carbons (Fsp3) is 0.350. The highest BCUT2D eigenvalue weighted by Gasteiger charge is 2.36. The molecule has 1 saturated heterocycles. The minimum Gasteiger partial charge on any atom is -0.330 e. The van der Waals surface area contributed by atoms with Gasteiger partial charge >= 0.3 is 0 Å². The topological polar surface area (TPSA) is 58.4 Å². The number of amides is 1. The van der Waals surface area contributed by atoms with Crippen molar-refractivity contribution in [3.8, 4) is 0 Å². The highest BCUT2D eigenvalue weighted by atomic mass is 19.1. The Kier molecular flexibility index (Phi) is 5.64. The number of nitrogens with zero attached hydrogens (tertiary/aromatic N) is 1. The van der Waals surface area contributed by atoms with Crippen LogP contribution in [0.25, 0.3) is 0 Å². The van der Waals surface area contributed by atoms with Crippen molar-refractivity contribution >= 4 is 11.6 Å². The molecular weight excluding hydrogens is 336 g/mol. The standard InChI is InChI=1S/C20H23F2N3O/c1-13(20(26)24-19-8-7-16(21)9-18(19)22)25-11-15(10-23)17(12-25)14-5-3-2-4-6-14/h2-9,13,15,17H,10-12,23H2,1H3,(H,24,26)/t13?,15-,17+/m1/s1. The van der Waals surface area contributed by atoms with Crippen molar-refractivity contribution in [3.05, 3.63) is 65.7 Å². The summed E-state index contributed by atoms with van der Waals surface area (Å²) in [7, 11) is 0. The van der Waals surface area contributed by atoms with Crippen molar-refractivity contribution < 1.29 is 13.6 Å². The second-order valence-electron chi connectivity index (χ2n) is 6.76. The zero-order valence-electron chi connectivity index (χ0n) is 14.7. The molecule has 6 heteroatoms. The van der Waals surface area contributed by atoms with E-state index in [-0.39, 0.29) is 23.4 Å². The Balaban J connectivity index is 1.69. The molecular formula is C20H23F2N3O. The molecule has 3 N–H and O–H groups in total. The maximum atomic E-state index is 13.8. The zero-order chi connectivity index (χ0) is 18.7. The van der Waals surface area contributed by atoms with Crippen molar-refractivity contribution in [3.63, 3.8) is 0 Å². The molecule has 1 heterocycles. The Morgan fingerprint density at radius 3 is 2.62 bits per heavy atom. The van der Waals surface area contributed by atoms with Crippen molar-refractivity contribution in [2.75, 3.05) is 25.0 Å². The van der Waals surface area contributed by atoms with Gasteiger partial charge < -0.3 is 11.1 Å². The molecule has 0 bridgehead atoms. The first-order valence-corrected chi connectivity index (χ1v) is 8.74. The molecule has 138 valence electrons. The third kappa shape index (κ3) is 3.92. The molecule has 1 aliphatic heterocycles. The van der Waals surface area contributed by atoms with Gasteiger partial charge in [0.2, 0.25) is 5.91 Å². The molecule has 2 aromatic carbocycles. The summed E-state index contributed by atoms with van der Waals surface area (Å²) >= 11 is 0. The van der Waals surface area contributed by atoms with Crippen LogP contribution in [0.2, 0.25) is 0 Å². The lowest BCUT2D eigenvalue weighted by atomic mass is 9.89. The summed E-state index contributed by atoms with van der Waals surface area (Å²) < 4.78 is 26.8. The van der Waals surface area contributed by atoms with Gasteiger partial charge in [0.1, 0.15) is 11.6 Å². The number of nitrogens with two attached hydrogens (primary N) is 1. The summed E-state index contributed by atoms with van der Waals surface area (Å²) in [6.07, 6.45) is 0. The number of hydrogen-bond donors (Lipinski definition) is 2. The first kappa shape index (κ1) is 18.5. The number of carbonyl (C=O) groups is 1. The lowest BCUT2D eigenvalue weighted by Gasteiger charge is -2.23. The van der Waals surface area contributed by atoms with Crippen LogP contribution in [-0.2, 0) is 4.79 Å². The molecule has 0 aromatic heterocycles. The van der Waals surface area contributed by atoms with E-state index < -0.39 is 17.7 Å². The van der Waals surface area contributed by atoms with E-state index in [1.807, 2.05) is 18.2 Å². The van der Waals surface area contributed by atoms with E-state index in [4.69, 9.17) is 5.73 Å². The molecule has 0 saturated carbocycles. The van der Waals surface area contributed by atoms with E-state index in [1.165, 1.54) is 11.6 Å². The first-order valence-electron chi connectivity index (χ1n) is 8.74. The quantitative estimate of drug-likeness (QED) is 0.863. The van der Waals surface area contributed by atoms with E-state index >= 15 is 0 Å². The van der Waals surface area contributed by atoms with Crippen LogP contribution in [-0.4, -0.2) is 36.5 Å². The highest BCUT2D eigenvalue weighted by molar-refractivity contribution is 5.94. The molecule has 1 fully saturated rings. The molecule has 0 spiro atoms. The molecule has 2 aromatic rings. The molecule has 3 rings (SSSR count). The smallest absolute Gasteiger partial charge is 0.241 e. The highest BCUT2D eigenvalue weighted by Crippen LogP contribution is 2.33. The molecule has 1 unspecified atom stereocenters. The zero-order valence-corrected chi connectivity index (χ0v) is 14.7. The summed E-state index contributed by atoms with van der Waals surface area (Å²) in [6.45, 7) is 3.75. The van der Waals surface area contributed by atoms with Crippen molar-refractivity contribution in [1.82, 2.24) is 4.90 Å². The van der Waals surface area contributed by atoms with Crippen molar-refractivity contribution in [2.24, 2.45) is 11.7 Å². The van der Waals surface area contributed by atoms with Crippen LogP contribution in [0, 0.1) is 17.6 Å². The van der Waals surface area contributed by atoms with E-state index in [1.54, 1.807) is 6.92 Å². The normalized spacial score (nSPS) is 21.5. The third-order valence-corrected chi connectivity index (χ3v) is 5.12. The van der Waals surface area contributed by atoms with E-state index in [2.05, 4.69) is 22.3 Å². The van der Waals surface area contributed by atoms with Crippen molar-refractivity contribution in [1.29, 1.82) is 0 Å². The Bertz CT molecular complexity index is 769. The van der Waals surface area contributed by atoms with E-state index in [0.29, 0.717) is 19.6 Å². The van der Waals surface area contributed by atoms with Crippen LogP contribution in [0.15, 0.2) is 48.5 Å². The summed E-state index contributed by atoms with van der Waals surface area (Å²) in [4.78, 5) is 14.6. The number of likely N-dealkylation sites (tertiary alicyclic amines) is 1. The average molecular weight is 359 g/mol. The molecule has 3 atom stereocenters. The maximum absolute atomic E-state index is 13.8.